The Morgan fingerprint density at radius 1 is 1.04 bits per heavy atom. The van der Waals surface area contributed by atoms with Gasteiger partial charge in [0.15, 0.2) is 10.8 Å². The van der Waals surface area contributed by atoms with Crippen molar-refractivity contribution < 1.29 is 9.32 Å². The summed E-state index contributed by atoms with van der Waals surface area (Å²) < 4.78 is 6.49. The van der Waals surface area contributed by atoms with Crippen LogP contribution >= 0.6 is 11.3 Å². The Labute approximate surface area is 165 Å². The van der Waals surface area contributed by atoms with E-state index < -0.39 is 0 Å². The molecule has 1 fully saturated rings. The minimum Gasteiger partial charge on any atom is -0.339 e. The molecule has 28 heavy (non-hydrogen) atoms. The van der Waals surface area contributed by atoms with Gasteiger partial charge in [0.05, 0.1) is 16.1 Å². The van der Waals surface area contributed by atoms with Gasteiger partial charge in [-0.3, -0.25) is 4.79 Å². The van der Waals surface area contributed by atoms with Crippen LogP contribution in [0.4, 0.5) is 0 Å². The minimum absolute atomic E-state index is 0.0260. The predicted molar refractivity (Wildman–Crippen MR) is 106 cm³/mol. The maximum atomic E-state index is 13.2. The highest BCUT2D eigenvalue weighted by Gasteiger charge is 2.41. The number of aryl methyl sites for hydroxylation is 1. The van der Waals surface area contributed by atoms with Crippen molar-refractivity contribution in [1.29, 1.82) is 0 Å². The first-order valence-electron chi connectivity index (χ1n) is 9.19. The third kappa shape index (κ3) is 2.97. The first kappa shape index (κ1) is 17.1. The van der Waals surface area contributed by atoms with Crippen LogP contribution in [0, 0.1) is 6.92 Å². The SMILES string of the molecule is Cc1noc(C2CN(C(=O)c3nc4ccccc4s3)CC2c2ccccc2)n1. The maximum Gasteiger partial charge on any atom is 0.282 e. The second kappa shape index (κ2) is 6.83. The number of hydrogen-bond acceptors (Lipinski definition) is 6. The van der Waals surface area contributed by atoms with E-state index in [2.05, 4.69) is 27.3 Å². The largest absolute Gasteiger partial charge is 0.339 e. The van der Waals surface area contributed by atoms with Gasteiger partial charge in [-0.25, -0.2) is 4.98 Å². The summed E-state index contributed by atoms with van der Waals surface area (Å²) in [6.45, 7) is 2.95. The third-order valence-electron chi connectivity index (χ3n) is 5.17. The molecule has 3 heterocycles. The summed E-state index contributed by atoms with van der Waals surface area (Å²) in [5.41, 5.74) is 2.03. The van der Waals surface area contributed by atoms with Crippen molar-refractivity contribution >= 4 is 27.5 Å². The van der Waals surface area contributed by atoms with E-state index in [0.29, 0.717) is 29.8 Å². The van der Waals surface area contributed by atoms with Crippen molar-refractivity contribution in [3.8, 4) is 0 Å². The number of fused-ring (bicyclic) bond motifs is 1. The minimum atomic E-state index is -0.0409. The van der Waals surface area contributed by atoms with E-state index in [0.717, 1.165) is 10.2 Å². The number of nitrogens with zero attached hydrogens (tertiary/aromatic N) is 4. The molecule has 2 atom stereocenters. The van der Waals surface area contributed by atoms with E-state index in [-0.39, 0.29) is 17.7 Å². The van der Waals surface area contributed by atoms with Gasteiger partial charge in [0.1, 0.15) is 0 Å². The zero-order valence-electron chi connectivity index (χ0n) is 15.3. The van der Waals surface area contributed by atoms with Crippen LogP contribution in [0.2, 0.25) is 0 Å². The molecule has 7 heteroatoms. The van der Waals surface area contributed by atoms with E-state index in [9.17, 15) is 4.79 Å². The number of hydrogen-bond donors (Lipinski definition) is 0. The van der Waals surface area contributed by atoms with Crippen molar-refractivity contribution in [3.05, 3.63) is 76.9 Å². The van der Waals surface area contributed by atoms with Crippen molar-refractivity contribution in [1.82, 2.24) is 20.0 Å². The molecule has 6 nitrogen and oxygen atoms in total. The number of benzene rings is 2. The topological polar surface area (TPSA) is 72.1 Å². The monoisotopic (exact) mass is 390 g/mol. The molecule has 1 amide bonds. The van der Waals surface area contributed by atoms with E-state index in [1.807, 2.05) is 54.3 Å². The molecule has 1 saturated heterocycles. The Kier molecular flexibility index (Phi) is 4.16. The molecule has 2 aromatic carbocycles. The van der Waals surface area contributed by atoms with Gasteiger partial charge in [-0.15, -0.1) is 11.3 Å². The number of thiazole rings is 1. The summed E-state index contributed by atoms with van der Waals surface area (Å²) in [6, 6.07) is 18.0. The number of rotatable bonds is 3. The number of amides is 1. The number of carbonyl (C=O) groups excluding carboxylic acids is 1. The normalized spacial score (nSPS) is 19.4. The summed E-state index contributed by atoms with van der Waals surface area (Å²) in [5, 5.41) is 4.47. The molecule has 0 bridgehead atoms. The lowest BCUT2D eigenvalue weighted by atomic mass is 9.89. The van der Waals surface area contributed by atoms with E-state index in [4.69, 9.17) is 4.52 Å². The molecule has 0 N–H and O–H groups in total. The van der Waals surface area contributed by atoms with E-state index in [1.165, 1.54) is 16.9 Å². The molecule has 0 aliphatic carbocycles. The van der Waals surface area contributed by atoms with Gasteiger partial charge in [0.2, 0.25) is 5.89 Å². The van der Waals surface area contributed by atoms with Gasteiger partial charge in [0, 0.05) is 19.0 Å². The van der Waals surface area contributed by atoms with Crippen LogP contribution < -0.4 is 0 Å². The molecule has 140 valence electrons. The van der Waals surface area contributed by atoms with Crippen LogP contribution in [0.5, 0.6) is 0 Å². The highest BCUT2D eigenvalue weighted by atomic mass is 32.1. The van der Waals surface area contributed by atoms with Gasteiger partial charge < -0.3 is 9.42 Å². The third-order valence-corrected chi connectivity index (χ3v) is 6.20. The summed E-state index contributed by atoms with van der Waals surface area (Å²) in [5.74, 6) is 1.24. The van der Waals surface area contributed by atoms with Gasteiger partial charge >= 0.3 is 0 Å². The van der Waals surface area contributed by atoms with E-state index >= 15 is 0 Å². The molecule has 4 aromatic rings. The molecule has 1 aliphatic heterocycles. The van der Waals surface area contributed by atoms with E-state index in [1.54, 1.807) is 0 Å². The molecule has 1 aliphatic rings. The molecule has 0 radical (unpaired) electrons. The van der Waals surface area contributed by atoms with Crippen LogP contribution in [0.3, 0.4) is 0 Å². The standard InChI is InChI=1S/C21H18N4O2S/c1-13-22-19(27-24-13)16-12-25(11-15(16)14-7-3-2-4-8-14)21(26)20-23-17-9-5-6-10-18(17)28-20/h2-10,15-16H,11-12H2,1H3. The lowest BCUT2D eigenvalue weighted by Crippen LogP contribution is -2.28. The number of carbonyl (C=O) groups is 1. The van der Waals surface area contributed by atoms with Gasteiger partial charge in [-0.05, 0) is 24.6 Å². The fourth-order valence-electron chi connectivity index (χ4n) is 3.82. The fourth-order valence-corrected chi connectivity index (χ4v) is 4.75. The van der Waals surface area contributed by atoms with Gasteiger partial charge in [-0.1, -0.05) is 47.6 Å². The van der Waals surface area contributed by atoms with Crippen molar-refractivity contribution in [2.24, 2.45) is 0 Å². The lowest BCUT2D eigenvalue weighted by Gasteiger charge is -2.15. The Balaban J connectivity index is 1.48. The number of aromatic nitrogens is 3. The summed E-state index contributed by atoms with van der Waals surface area (Å²) in [6.07, 6.45) is 0. The molecule has 2 aromatic heterocycles. The first-order chi connectivity index (χ1) is 13.7. The Hall–Kier alpha value is -3.06. The zero-order chi connectivity index (χ0) is 19.1. The van der Waals surface area contributed by atoms with Crippen LogP contribution in [-0.4, -0.2) is 39.0 Å². The van der Waals surface area contributed by atoms with Crippen LogP contribution in [-0.2, 0) is 0 Å². The molecule has 0 spiro atoms. The van der Waals surface area contributed by atoms with Crippen LogP contribution in [0.1, 0.15) is 38.9 Å². The van der Waals surface area contributed by atoms with Crippen molar-refractivity contribution in [2.45, 2.75) is 18.8 Å². The first-order valence-corrected chi connectivity index (χ1v) is 10.0. The number of para-hydroxylation sites is 1. The van der Waals surface area contributed by atoms with Crippen LogP contribution in [0.25, 0.3) is 10.2 Å². The molecule has 2 unspecified atom stereocenters. The predicted octanol–water partition coefficient (Wildman–Crippen LogP) is 4.01. The average molecular weight is 390 g/mol. The van der Waals surface area contributed by atoms with Crippen molar-refractivity contribution in [3.63, 3.8) is 0 Å². The van der Waals surface area contributed by atoms with Crippen molar-refractivity contribution in [2.75, 3.05) is 13.1 Å². The summed E-state index contributed by atoms with van der Waals surface area (Å²) in [7, 11) is 0. The smallest absolute Gasteiger partial charge is 0.282 e. The number of likely N-dealkylation sites (tertiary alicyclic amines) is 1. The maximum absolute atomic E-state index is 13.2. The van der Waals surface area contributed by atoms with Gasteiger partial charge in [0.25, 0.3) is 5.91 Å². The van der Waals surface area contributed by atoms with Gasteiger partial charge in [-0.2, -0.15) is 4.98 Å². The molecular formula is C21H18N4O2S. The highest BCUT2D eigenvalue weighted by Crippen LogP contribution is 2.39. The Morgan fingerprint density at radius 2 is 1.79 bits per heavy atom. The quantitative estimate of drug-likeness (QED) is 0.528. The summed E-state index contributed by atoms with van der Waals surface area (Å²) in [4.78, 5) is 24.0. The molecule has 0 saturated carbocycles. The fraction of sp³-hybridized carbons (Fsp3) is 0.238. The highest BCUT2D eigenvalue weighted by molar-refractivity contribution is 7.20. The average Bonchev–Trinajstić information content (AvgIpc) is 3.45. The Bertz CT molecular complexity index is 1100. The van der Waals surface area contributed by atoms with Crippen LogP contribution in [0.15, 0.2) is 59.1 Å². The molecule has 5 rings (SSSR count). The second-order valence-corrected chi connectivity index (χ2v) is 8.03. The second-order valence-electron chi connectivity index (χ2n) is 7.00. The summed E-state index contributed by atoms with van der Waals surface area (Å²) >= 11 is 1.44. The zero-order valence-corrected chi connectivity index (χ0v) is 16.1. The lowest BCUT2D eigenvalue weighted by molar-refractivity contribution is 0.0788. The molecular weight excluding hydrogens is 372 g/mol. The Morgan fingerprint density at radius 3 is 2.54 bits per heavy atom.